The summed E-state index contributed by atoms with van der Waals surface area (Å²) in [5.74, 6) is 0.196. The van der Waals surface area contributed by atoms with Gasteiger partial charge in [-0.3, -0.25) is 9.69 Å². The summed E-state index contributed by atoms with van der Waals surface area (Å²) < 4.78 is 1.27. The van der Waals surface area contributed by atoms with Crippen LogP contribution in [0.4, 0.5) is 5.13 Å². The lowest BCUT2D eigenvalue weighted by Crippen LogP contribution is -2.48. The summed E-state index contributed by atoms with van der Waals surface area (Å²) in [4.78, 5) is 21.3. The Morgan fingerprint density at radius 3 is 2.64 bits per heavy atom. The van der Waals surface area contributed by atoms with Crippen LogP contribution < -0.4 is 10.2 Å². The van der Waals surface area contributed by atoms with Crippen molar-refractivity contribution in [3.05, 3.63) is 23.3 Å². The molecule has 3 rings (SSSR count). The standard InChI is InChI=1S/C19H28N4OS/c1-13(2)18(24)20-7-8-22-9-11-23(12-10-22)19-21-17-15(4)14(3)5-6-16(17)25-19/h5-6,13H,7-12H2,1-4H3,(H,20,24). The van der Waals surface area contributed by atoms with Crippen LogP contribution in [0.5, 0.6) is 0 Å². The number of aryl methyl sites for hydroxylation is 2. The first-order valence-electron chi connectivity index (χ1n) is 9.07. The maximum absolute atomic E-state index is 11.6. The first-order chi connectivity index (χ1) is 12.0. The van der Waals surface area contributed by atoms with E-state index < -0.39 is 0 Å². The van der Waals surface area contributed by atoms with Crippen LogP contribution in [0.1, 0.15) is 25.0 Å². The summed E-state index contributed by atoms with van der Waals surface area (Å²) in [6.07, 6.45) is 0. The number of nitrogens with zero attached hydrogens (tertiary/aromatic N) is 3. The molecule has 1 saturated heterocycles. The molecule has 0 saturated carbocycles. The molecule has 0 atom stereocenters. The summed E-state index contributed by atoms with van der Waals surface area (Å²) in [6, 6.07) is 4.37. The molecule has 5 nitrogen and oxygen atoms in total. The van der Waals surface area contributed by atoms with Crippen LogP contribution in [0.3, 0.4) is 0 Å². The molecule has 1 aromatic heterocycles. The van der Waals surface area contributed by atoms with E-state index in [1.54, 1.807) is 11.3 Å². The summed E-state index contributed by atoms with van der Waals surface area (Å²) in [7, 11) is 0. The van der Waals surface area contributed by atoms with Crippen LogP contribution in [0.15, 0.2) is 12.1 Å². The first kappa shape index (κ1) is 18.1. The van der Waals surface area contributed by atoms with Crippen LogP contribution in [0.25, 0.3) is 10.2 Å². The molecular weight excluding hydrogens is 332 g/mol. The third-order valence-corrected chi connectivity index (χ3v) is 6.05. The molecule has 136 valence electrons. The number of nitrogens with one attached hydrogen (secondary N) is 1. The number of piperazine rings is 1. The summed E-state index contributed by atoms with van der Waals surface area (Å²) in [5.41, 5.74) is 3.75. The molecule has 1 amide bonds. The van der Waals surface area contributed by atoms with Gasteiger partial charge in [0.25, 0.3) is 0 Å². The van der Waals surface area contributed by atoms with E-state index in [9.17, 15) is 4.79 Å². The van der Waals surface area contributed by atoms with Gasteiger partial charge in [-0.2, -0.15) is 0 Å². The highest BCUT2D eigenvalue weighted by Crippen LogP contribution is 2.32. The average Bonchev–Trinajstić information content (AvgIpc) is 3.03. The molecule has 1 aliphatic rings. The normalized spacial score (nSPS) is 16.0. The first-order valence-corrected chi connectivity index (χ1v) is 9.89. The fourth-order valence-corrected chi connectivity index (χ4v) is 4.13. The maximum Gasteiger partial charge on any atom is 0.222 e. The molecule has 1 fully saturated rings. The third kappa shape index (κ3) is 4.12. The number of hydrogen-bond acceptors (Lipinski definition) is 5. The lowest BCUT2D eigenvalue weighted by molar-refractivity contribution is -0.124. The Morgan fingerprint density at radius 1 is 1.24 bits per heavy atom. The van der Waals surface area contributed by atoms with Crippen LogP contribution in [-0.2, 0) is 4.79 Å². The second-order valence-corrected chi connectivity index (χ2v) is 8.13. The Kier molecular flexibility index (Phi) is 5.59. The molecule has 2 aromatic rings. The minimum Gasteiger partial charge on any atom is -0.355 e. The van der Waals surface area contributed by atoms with Gasteiger partial charge in [0.15, 0.2) is 5.13 Å². The number of rotatable bonds is 5. The van der Waals surface area contributed by atoms with Crippen molar-refractivity contribution in [3.8, 4) is 0 Å². The topological polar surface area (TPSA) is 48.5 Å². The SMILES string of the molecule is Cc1ccc2sc(N3CCN(CCNC(=O)C(C)C)CC3)nc2c1C. The van der Waals surface area contributed by atoms with Crippen molar-refractivity contribution in [2.45, 2.75) is 27.7 Å². The zero-order valence-corrected chi connectivity index (χ0v) is 16.4. The highest BCUT2D eigenvalue weighted by atomic mass is 32.1. The number of anilines is 1. The molecule has 0 aliphatic carbocycles. The highest BCUT2D eigenvalue weighted by molar-refractivity contribution is 7.22. The molecule has 0 radical (unpaired) electrons. The van der Waals surface area contributed by atoms with E-state index in [1.807, 2.05) is 13.8 Å². The number of aromatic nitrogens is 1. The Bertz CT molecular complexity index is 747. The van der Waals surface area contributed by atoms with Gasteiger partial charge in [0, 0.05) is 45.2 Å². The average molecular weight is 361 g/mol. The van der Waals surface area contributed by atoms with E-state index in [-0.39, 0.29) is 11.8 Å². The number of hydrogen-bond donors (Lipinski definition) is 1. The summed E-state index contributed by atoms with van der Waals surface area (Å²) in [6.45, 7) is 13.8. The van der Waals surface area contributed by atoms with Crippen LogP contribution >= 0.6 is 11.3 Å². The predicted molar refractivity (Wildman–Crippen MR) is 106 cm³/mol. The van der Waals surface area contributed by atoms with Gasteiger partial charge in [0.05, 0.1) is 10.2 Å². The lowest BCUT2D eigenvalue weighted by atomic mass is 10.1. The van der Waals surface area contributed by atoms with E-state index >= 15 is 0 Å². The number of fused-ring (bicyclic) bond motifs is 1. The largest absolute Gasteiger partial charge is 0.355 e. The van der Waals surface area contributed by atoms with Crippen molar-refractivity contribution in [2.75, 3.05) is 44.2 Å². The zero-order chi connectivity index (χ0) is 18.0. The smallest absolute Gasteiger partial charge is 0.222 e. The minimum atomic E-state index is 0.0583. The summed E-state index contributed by atoms with van der Waals surface area (Å²) >= 11 is 1.79. The monoisotopic (exact) mass is 360 g/mol. The van der Waals surface area contributed by atoms with E-state index in [1.165, 1.54) is 15.8 Å². The molecule has 0 unspecified atom stereocenters. The molecule has 1 aliphatic heterocycles. The second-order valence-electron chi connectivity index (χ2n) is 7.13. The lowest BCUT2D eigenvalue weighted by Gasteiger charge is -2.34. The van der Waals surface area contributed by atoms with E-state index in [2.05, 4.69) is 41.1 Å². The maximum atomic E-state index is 11.6. The van der Waals surface area contributed by atoms with Crippen molar-refractivity contribution in [2.24, 2.45) is 5.92 Å². The zero-order valence-electron chi connectivity index (χ0n) is 15.6. The van der Waals surface area contributed by atoms with Crippen molar-refractivity contribution in [3.63, 3.8) is 0 Å². The van der Waals surface area contributed by atoms with E-state index in [0.29, 0.717) is 0 Å². The highest BCUT2D eigenvalue weighted by Gasteiger charge is 2.20. The van der Waals surface area contributed by atoms with Crippen LogP contribution in [0.2, 0.25) is 0 Å². The predicted octanol–water partition coefficient (Wildman–Crippen LogP) is 2.81. The molecule has 6 heteroatoms. The van der Waals surface area contributed by atoms with E-state index in [4.69, 9.17) is 4.98 Å². The molecule has 1 N–H and O–H groups in total. The van der Waals surface area contributed by atoms with Gasteiger partial charge < -0.3 is 10.2 Å². The van der Waals surface area contributed by atoms with E-state index in [0.717, 1.165) is 49.9 Å². The molecule has 1 aromatic carbocycles. The molecular formula is C19H28N4OS. The van der Waals surface area contributed by atoms with Gasteiger partial charge in [0.1, 0.15) is 0 Å². The molecule has 0 spiro atoms. The fraction of sp³-hybridized carbons (Fsp3) is 0.579. The van der Waals surface area contributed by atoms with Gasteiger partial charge in [0.2, 0.25) is 5.91 Å². The quantitative estimate of drug-likeness (QED) is 0.891. The van der Waals surface area contributed by atoms with Crippen molar-refractivity contribution in [1.82, 2.24) is 15.2 Å². The number of carbonyl (C=O) groups excluding carboxylic acids is 1. The number of carbonyl (C=O) groups is 1. The summed E-state index contributed by atoms with van der Waals surface area (Å²) in [5, 5.41) is 4.13. The molecule has 0 bridgehead atoms. The molecule has 25 heavy (non-hydrogen) atoms. The number of thiazole rings is 1. The van der Waals surface area contributed by atoms with Gasteiger partial charge >= 0.3 is 0 Å². The van der Waals surface area contributed by atoms with Crippen LogP contribution in [-0.4, -0.2) is 55.1 Å². The molecule has 2 heterocycles. The Balaban J connectivity index is 1.54. The minimum absolute atomic E-state index is 0.0583. The van der Waals surface area contributed by atoms with Crippen LogP contribution in [0, 0.1) is 19.8 Å². The second kappa shape index (κ2) is 7.70. The van der Waals surface area contributed by atoms with Crippen molar-refractivity contribution < 1.29 is 4.79 Å². The van der Waals surface area contributed by atoms with Gasteiger partial charge in [-0.1, -0.05) is 31.3 Å². The Hall–Kier alpha value is -1.66. The Morgan fingerprint density at radius 2 is 1.96 bits per heavy atom. The van der Waals surface area contributed by atoms with Crippen molar-refractivity contribution >= 4 is 32.6 Å². The van der Waals surface area contributed by atoms with Gasteiger partial charge in [-0.05, 0) is 31.0 Å². The Labute approximate surface area is 154 Å². The number of benzene rings is 1. The van der Waals surface area contributed by atoms with Gasteiger partial charge in [-0.25, -0.2) is 4.98 Å². The van der Waals surface area contributed by atoms with Crippen molar-refractivity contribution in [1.29, 1.82) is 0 Å². The number of amides is 1. The van der Waals surface area contributed by atoms with Gasteiger partial charge in [-0.15, -0.1) is 0 Å². The fourth-order valence-electron chi connectivity index (χ4n) is 3.05. The third-order valence-electron chi connectivity index (χ3n) is 4.97.